The van der Waals surface area contributed by atoms with E-state index in [0.717, 1.165) is 64.7 Å². The first-order valence-electron chi connectivity index (χ1n) is 7.74. The van der Waals surface area contributed by atoms with Crippen LogP contribution in [0.2, 0.25) is 0 Å². The zero-order valence-corrected chi connectivity index (χ0v) is 12.9. The van der Waals surface area contributed by atoms with Crippen LogP contribution in [0.3, 0.4) is 0 Å². The Balaban J connectivity index is 4.37. The van der Waals surface area contributed by atoms with Crippen LogP contribution in [0.25, 0.3) is 0 Å². The second kappa shape index (κ2) is 11.4. The first-order chi connectivity index (χ1) is 8.71. The Kier molecular flexibility index (Phi) is 10.9. The Morgan fingerprint density at radius 3 is 1.44 bits per heavy atom. The van der Waals surface area contributed by atoms with E-state index in [4.69, 9.17) is 0 Å². The summed E-state index contributed by atoms with van der Waals surface area (Å²) in [6, 6.07) is 0.243. The zero-order chi connectivity index (χ0) is 13.8. The maximum absolute atomic E-state index is 12.4. The highest BCUT2D eigenvalue weighted by molar-refractivity contribution is 5.74. The number of unbranched alkanes of at least 4 members (excludes halogenated alkanes) is 3. The fraction of sp³-hybridized carbons (Fsp3) is 0.933. The van der Waals surface area contributed by atoms with Gasteiger partial charge in [-0.25, -0.2) is 4.79 Å². The molecule has 0 radical (unpaired) electrons. The number of carbonyl (C=O) groups excluding carboxylic acids is 1. The van der Waals surface area contributed by atoms with Gasteiger partial charge in [0.2, 0.25) is 0 Å². The van der Waals surface area contributed by atoms with Crippen LogP contribution < -0.4 is 0 Å². The summed E-state index contributed by atoms with van der Waals surface area (Å²) in [4.78, 5) is 16.5. The predicted octanol–water partition coefficient (Wildman–Crippen LogP) is 4.13. The van der Waals surface area contributed by atoms with Crippen molar-refractivity contribution in [3.8, 4) is 0 Å². The molecule has 0 aromatic carbocycles. The van der Waals surface area contributed by atoms with Crippen molar-refractivity contribution in [1.29, 1.82) is 0 Å². The van der Waals surface area contributed by atoms with Gasteiger partial charge in [0.1, 0.15) is 0 Å². The summed E-state index contributed by atoms with van der Waals surface area (Å²) >= 11 is 0. The van der Waals surface area contributed by atoms with Gasteiger partial charge in [-0.1, -0.05) is 40.0 Å². The lowest BCUT2D eigenvalue weighted by Gasteiger charge is -2.30. The Morgan fingerprint density at radius 2 is 1.11 bits per heavy atom. The van der Waals surface area contributed by atoms with Crippen molar-refractivity contribution in [2.24, 2.45) is 0 Å². The molecule has 0 bridgehead atoms. The highest BCUT2D eigenvalue weighted by atomic mass is 16.2. The van der Waals surface area contributed by atoms with Gasteiger partial charge < -0.3 is 9.80 Å². The minimum Gasteiger partial charge on any atom is -0.325 e. The summed E-state index contributed by atoms with van der Waals surface area (Å²) in [5.74, 6) is 0. The average Bonchev–Trinajstić information content (AvgIpc) is 2.39. The van der Waals surface area contributed by atoms with Crippen molar-refractivity contribution in [1.82, 2.24) is 9.80 Å². The summed E-state index contributed by atoms with van der Waals surface area (Å²) < 4.78 is 0. The second-order valence-corrected chi connectivity index (χ2v) is 4.91. The molecule has 3 nitrogen and oxygen atoms in total. The number of amides is 2. The van der Waals surface area contributed by atoms with Gasteiger partial charge in [-0.05, 0) is 26.2 Å². The fourth-order valence-corrected chi connectivity index (χ4v) is 1.94. The van der Waals surface area contributed by atoms with Crippen LogP contribution in [0.4, 0.5) is 4.79 Å². The lowest BCUT2D eigenvalue weighted by molar-refractivity contribution is 0.153. The number of urea groups is 1. The maximum atomic E-state index is 12.4. The van der Waals surface area contributed by atoms with Crippen molar-refractivity contribution >= 4 is 6.03 Å². The number of nitrogens with zero attached hydrogens (tertiary/aromatic N) is 2. The zero-order valence-electron chi connectivity index (χ0n) is 12.9. The standard InChI is InChI=1S/C15H32N2O/c1-5-9-12-16(8-4)15(18)17(13-10-6-2)14-11-7-3/h5-14H2,1-4H3. The van der Waals surface area contributed by atoms with Gasteiger partial charge in [0.15, 0.2) is 0 Å². The van der Waals surface area contributed by atoms with Crippen molar-refractivity contribution in [2.45, 2.75) is 66.2 Å². The summed E-state index contributed by atoms with van der Waals surface area (Å²) in [6.45, 7) is 12.2. The second-order valence-electron chi connectivity index (χ2n) is 4.91. The first kappa shape index (κ1) is 17.3. The van der Waals surface area contributed by atoms with Gasteiger partial charge >= 0.3 is 6.03 Å². The molecule has 0 spiro atoms. The lowest BCUT2D eigenvalue weighted by Crippen LogP contribution is -2.44. The van der Waals surface area contributed by atoms with E-state index >= 15 is 0 Å². The van der Waals surface area contributed by atoms with Crippen molar-refractivity contribution in [3.05, 3.63) is 0 Å². The molecule has 0 N–H and O–H groups in total. The molecular weight excluding hydrogens is 224 g/mol. The maximum Gasteiger partial charge on any atom is 0.319 e. The third kappa shape index (κ3) is 6.87. The van der Waals surface area contributed by atoms with Gasteiger partial charge in [-0.15, -0.1) is 0 Å². The molecule has 108 valence electrons. The number of hydrogen-bond donors (Lipinski definition) is 0. The highest BCUT2D eigenvalue weighted by Crippen LogP contribution is 2.06. The highest BCUT2D eigenvalue weighted by Gasteiger charge is 2.18. The first-order valence-corrected chi connectivity index (χ1v) is 7.74. The molecule has 0 aliphatic heterocycles. The molecule has 0 aliphatic carbocycles. The molecular formula is C15H32N2O. The normalized spacial score (nSPS) is 10.4. The minimum absolute atomic E-state index is 0.243. The van der Waals surface area contributed by atoms with Crippen LogP contribution >= 0.6 is 0 Å². The van der Waals surface area contributed by atoms with E-state index in [1.54, 1.807) is 0 Å². The van der Waals surface area contributed by atoms with Crippen LogP contribution in [-0.2, 0) is 0 Å². The predicted molar refractivity (Wildman–Crippen MR) is 78.9 cm³/mol. The van der Waals surface area contributed by atoms with Gasteiger partial charge in [-0.2, -0.15) is 0 Å². The fourth-order valence-electron chi connectivity index (χ4n) is 1.94. The van der Waals surface area contributed by atoms with Gasteiger partial charge in [0, 0.05) is 26.2 Å². The molecule has 2 amide bonds. The SMILES string of the molecule is CCCCN(CC)C(=O)N(CCCC)CCCC. The van der Waals surface area contributed by atoms with E-state index in [9.17, 15) is 4.79 Å². The quantitative estimate of drug-likeness (QED) is 0.576. The van der Waals surface area contributed by atoms with Crippen LogP contribution in [0, 0.1) is 0 Å². The summed E-state index contributed by atoms with van der Waals surface area (Å²) in [7, 11) is 0. The van der Waals surface area contributed by atoms with Crippen LogP contribution in [-0.4, -0.2) is 42.0 Å². The Labute approximate surface area is 114 Å². The van der Waals surface area contributed by atoms with E-state index in [1.165, 1.54) is 0 Å². The van der Waals surface area contributed by atoms with Crippen LogP contribution in [0.1, 0.15) is 66.2 Å². The molecule has 0 unspecified atom stereocenters. The number of rotatable bonds is 10. The Hall–Kier alpha value is -0.730. The van der Waals surface area contributed by atoms with Gasteiger partial charge in [0.25, 0.3) is 0 Å². The Bertz CT molecular complexity index is 199. The molecule has 3 heteroatoms. The van der Waals surface area contributed by atoms with Crippen molar-refractivity contribution in [2.75, 3.05) is 26.2 Å². The van der Waals surface area contributed by atoms with E-state index in [2.05, 4.69) is 27.7 Å². The molecule has 0 fully saturated rings. The molecule has 0 saturated heterocycles. The van der Waals surface area contributed by atoms with Gasteiger partial charge in [-0.3, -0.25) is 0 Å². The minimum atomic E-state index is 0.243. The third-order valence-corrected chi connectivity index (χ3v) is 3.27. The molecule has 0 rings (SSSR count). The monoisotopic (exact) mass is 256 g/mol. The Morgan fingerprint density at radius 1 is 0.722 bits per heavy atom. The molecule has 0 heterocycles. The third-order valence-electron chi connectivity index (χ3n) is 3.27. The summed E-state index contributed by atoms with van der Waals surface area (Å²) in [6.07, 6.45) is 6.78. The molecule has 0 atom stereocenters. The molecule has 0 aromatic heterocycles. The average molecular weight is 256 g/mol. The molecule has 18 heavy (non-hydrogen) atoms. The summed E-state index contributed by atoms with van der Waals surface area (Å²) in [5.41, 5.74) is 0. The van der Waals surface area contributed by atoms with E-state index < -0.39 is 0 Å². The molecule has 0 saturated carbocycles. The van der Waals surface area contributed by atoms with Gasteiger partial charge in [0.05, 0.1) is 0 Å². The summed E-state index contributed by atoms with van der Waals surface area (Å²) in [5, 5.41) is 0. The van der Waals surface area contributed by atoms with E-state index in [-0.39, 0.29) is 6.03 Å². The van der Waals surface area contributed by atoms with Crippen molar-refractivity contribution < 1.29 is 4.79 Å². The smallest absolute Gasteiger partial charge is 0.319 e. The largest absolute Gasteiger partial charge is 0.325 e. The van der Waals surface area contributed by atoms with E-state index in [1.807, 2.05) is 9.80 Å². The number of carbonyl (C=O) groups is 1. The molecule has 0 aromatic rings. The van der Waals surface area contributed by atoms with E-state index in [0.29, 0.717) is 0 Å². The number of hydrogen-bond acceptors (Lipinski definition) is 1. The topological polar surface area (TPSA) is 23.6 Å². The van der Waals surface area contributed by atoms with Crippen molar-refractivity contribution in [3.63, 3.8) is 0 Å². The van der Waals surface area contributed by atoms with Crippen LogP contribution in [0.15, 0.2) is 0 Å². The van der Waals surface area contributed by atoms with Crippen LogP contribution in [0.5, 0.6) is 0 Å². The lowest BCUT2D eigenvalue weighted by atomic mass is 10.2. The molecule has 0 aliphatic rings.